The molecule has 6 heteroatoms. The van der Waals surface area contributed by atoms with Crippen LogP contribution in [0, 0.1) is 13.8 Å². The number of furan rings is 1. The zero-order valence-corrected chi connectivity index (χ0v) is 16.0. The first-order chi connectivity index (χ1) is 12.4. The van der Waals surface area contributed by atoms with Gasteiger partial charge in [-0.3, -0.25) is 9.00 Å². The summed E-state index contributed by atoms with van der Waals surface area (Å²) in [4.78, 5) is 13.0. The Kier molecular flexibility index (Phi) is 5.59. The smallest absolute Gasteiger partial charge is 0.291 e. The fourth-order valence-corrected chi connectivity index (χ4v) is 3.76. The second kappa shape index (κ2) is 7.89. The Bertz CT molecular complexity index is 943. The van der Waals surface area contributed by atoms with Crippen LogP contribution in [-0.4, -0.2) is 10.1 Å². The van der Waals surface area contributed by atoms with Crippen molar-refractivity contribution in [1.82, 2.24) is 0 Å². The number of halogens is 1. The quantitative estimate of drug-likeness (QED) is 0.661. The molecule has 0 aliphatic carbocycles. The summed E-state index contributed by atoms with van der Waals surface area (Å²) >= 11 is 5.84. The largest absolute Gasteiger partial charge is 0.455 e. The Balaban J connectivity index is 1.67. The molecule has 0 bridgehead atoms. The molecule has 1 N–H and O–H groups in total. The van der Waals surface area contributed by atoms with Gasteiger partial charge in [-0.2, -0.15) is 0 Å². The van der Waals surface area contributed by atoms with E-state index >= 15 is 0 Å². The summed E-state index contributed by atoms with van der Waals surface area (Å²) in [6.45, 7) is 3.94. The van der Waals surface area contributed by atoms with Crippen molar-refractivity contribution < 1.29 is 13.4 Å². The number of anilines is 1. The Morgan fingerprint density at radius 1 is 1.04 bits per heavy atom. The molecule has 0 aliphatic rings. The van der Waals surface area contributed by atoms with Gasteiger partial charge in [-0.1, -0.05) is 17.7 Å². The third-order valence-electron chi connectivity index (χ3n) is 3.71. The van der Waals surface area contributed by atoms with Crippen LogP contribution in [0.4, 0.5) is 5.69 Å². The van der Waals surface area contributed by atoms with E-state index in [0.29, 0.717) is 15.7 Å². The fraction of sp³-hybridized carbons (Fsp3) is 0.150. The van der Waals surface area contributed by atoms with Crippen LogP contribution in [0.1, 0.15) is 27.4 Å². The Labute approximate surface area is 159 Å². The summed E-state index contributed by atoms with van der Waals surface area (Å²) in [5.74, 6) is 0.535. The molecular weight excluding hydrogens is 370 g/mol. The molecule has 3 aromatic rings. The van der Waals surface area contributed by atoms with Crippen LogP contribution in [0.5, 0.6) is 0 Å². The summed E-state index contributed by atoms with van der Waals surface area (Å²) in [6, 6.07) is 15.9. The average molecular weight is 388 g/mol. The zero-order chi connectivity index (χ0) is 18.7. The van der Waals surface area contributed by atoms with E-state index in [0.717, 1.165) is 16.8 Å². The standard InChI is InChI=1S/C20H18ClNO3S/c1-13-9-14(2)11-16(10-13)22-20(23)19-8-5-17(25-19)12-26(24)18-6-3-15(21)4-7-18/h3-11H,12H2,1-2H3,(H,22,23). The van der Waals surface area contributed by atoms with Gasteiger partial charge in [0.1, 0.15) is 5.76 Å². The Hall–Kier alpha value is -2.37. The van der Waals surface area contributed by atoms with E-state index in [4.69, 9.17) is 16.0 Å². The molecule has 0 saturated carbocycles. The fourth-order valence-electron chi connectivity index (χ4n) is 2.62. The molecule has 3 rings (SSSR count). The van der Waals surface area contributed by atoms with Crippen molar-refractivity contribution in [3.63, 3.8) is 0 Å². The van der Waals surface area contributed by atoms with Crippen LogP contribution in [0.15, 0.2) is 63.9 Å². The highest BCUT2D eigenvalue weighted by molar-refractivity contribution is 7.84. The van der Waals surface area contributed by atoms with Gasteiger partial charge in [-0.25, -0.2) is 0 Å². The highest BCUT2D eigenvalue weighted by Crippen LogP contribution is 2.19. The molecule has 26 heavy (non-hydrogen) atoms. The van der Waals surface area contributed by atoms with Crippen molar-refractivity contribution in [2.45, 2.75) is 24.5 Å². The lowest BCUT2D eigenvalue weighted by molar-refractivity contribution is 0.0995. The molecule has 4 nitrogen and oxygen atoms in total. The summed E-state index contributed by atoms with van der Waals surface area (Å²) in [6.07, 6.45) is 0. The van der Waals surface area contributed by atoms with Crippen molar-refractivity contribution in [3.8, 4) is 0 Å². The van der Waals surface area contributed by atoms with Gasteiger partial charge in [0.15, 0.2) is 5.76 Å². The maximum atomic E-state index is 12.4. The van der Waals surface area contributed by atoms with Gasteiger partial charge >= 0.3 is 0 Å². The van der Waals surface area contributed by atoms with Crippen molar-refractivity contribution >= 4 is 34.0 Å². The predicted molar refractivity (Wildman–Crippen MR) is 104 cm³/mol. The van der Waals surface area contributed by atoms with Gasteiger partial charge in [-0.05, 0) is 73.5 Å². The van der Waals surface area contributed by atoms with Crippen LogP contribution in [0.3, 0.4) is 0 Å². The number of hydrogen-bond donors (Lipinski definition) is 1. The number of carbonyl (C=O) groups is 1. The molecule has 1 amide bonds. The monoisotopic (exact) mass is 387 g/mol. The van der Waals surface area contributed by atoms with Crippen molar-refractivity contribution in [2.24, 2.45) is 0 Å². The number of amides is 1. The van der Waals surface area contributed by atoms with E-state index < -0.39 is 10.8 Å². The molecular formula is C20H18ClNO3S. The second-order valence-electron chi connectivity index (χ2n) is 6.04. The lowest BCUT2D eigenvalue weighted by Gasteiger charge is -2.06. The molecule has 0 saturated heterocycles. The molecule has 1 heterocycles. The van der Waals surface area contributed by atoms with Crippen LogP contribution in [-0.2, 0) is 16.6 Å². The van der Waals surface area contributed by atoms with E-state index in [1.54, 1.807) is 36.4 Å². The minimum atomic E-state index is -1.27. The summed E-state index contributed by atoms with van der Waals surface area (Å²) < 4.78 is 17.9. The number of benzene rings is 2. The van der Waals surface area contributed by atoms with Crippen molar-refractivity contribution in [2.75, 3.05) is 5.32 Å². The van der Waals surface area contributed by atoms with E-state index in [1.165, 1.54) is 0 Å². The SMILES string of the molecule is Cc1cc(C)cc(NC(=O)c2ccc(CS(=O)c3ccc(Cl)cc3)o2)c1. The van der Waals surface area contributed by atoms with Gasteiger partial charge < -0.3 is 9.73 Å². The average Bonchev–Trinajstić information content (AvgIpc) is 3.03. The van der Waals surface area contributed by atoms with Crippen LogP contribution < -0.4 is 5.32 Å². The van der Waals surface area contributed by atoms with E-state index in [1.807, 2.05) is 32.0 Å². The van der Waals surface area contributed by atoms with Gasteiger partial charge in [0.25, 0.3) is 5.91 Å². The maximum Gasteiger partial charge on any atom is 0.291 e. The van der Waals surface area contributed by atoms with Gasteiger partial charge in [0.2, 0.25) is 0 Å². The molecule has 0 spiro atoms. The number of aryl methyl sites for hydroxylation is 2. The molecule has 1 atom stereocenters. The van der Waals surface area contributed by atoms with E-state index in [9.17, 15) is 9.00 Å². The Morgan fingerprint density at radius 3 is 2.35 bits per heavy atom. The van der Waals surface area contributed by atoms with Gasteiger partial charge in [-0.15, -0.1) is 0 Å². The lowest BCUT2D eigenvalue weighted by Crippen LogP contribution is -2.11. The highest BCUT2D eigenvalue weighted by Gasteiger charge is 2.14. The van der Waals surface area contributed by atoms with Crippen LogP contribution >= 0.6 is 11.6 Å². The van der Waals surface area contributed by atoms with Crippen molar-refractivity contribution in [3.05, 3.63) is 82.3 Å². The number of hydrogen-bond acceptors (Lipinski definition) is 3. The molecule has 1 unspecified atom stereocenters. The number of carbonyl (C=O) groups excluding carboxylic acids is 1. The first kappa shape index (κ1) is 18.4. The van der Waals surface area contributed by atoms with E-state index in [-0.39, 0.29) is 17.4 Å². The molecule has 0 aliphatic heterocycles. The number of nitrogens with one attached hydrogen (secondary N) is 1. The molecule has 2 aromatic carbocycles. The van der Waals surface area contributed by atoms with Crippen molar-refractivity contribution in [1.29, 1.82) is 0 Å². The normalized spacial score (nSPS) is 12.0. The molecule has 1 aromatic heterocycles. The summed E-state index contributed by atoms with van der Waals surface area (Å²) in [5.41, 5.74) is 2.85. The molecule has 0 fully saturated rings. The Morgan fingerprint density at radius 2 is 1.69 bits per heavy atom. The maximum absolute atomic E-state index is 12.4. The predicted octanol–water partition coefficient (Wildman–Crippen LogP) is 5.11. The van der Waals surface area contributed by atoms with E-state index in [2.05, 4.69) is 5.32 Å². The molecule has 134 valence electrons. The summed E-state index contributed by atoms with van der Waals surface area (Å²) in [7, 11) is -1.27. The zero-order valence-electron chi connectivity index (χ0n) is 14.4. The molecule has 0 radical (unpaired) electrons. The van der Waals surface area contributed by atoms with Gasteiger partial charge in [0, 0.05) is 15.6 Å². The first-order valence-electron chi connectivity index (χ1n) is 8.03. The highest BCUT2D eigenvalue weighted by atomic mass is 35.5. The second-order valence-corrected chi connectivity index (χ2v) is 7.93. The minimum absolute atomic E-state index is 0.187. The minimum Gasteiger partial charge on any atom is -0.455 e. The van der Waals surface area contributed by atoms with Gasteiger partial charge in [0.05, 0.1) is 16.6 Å². The first-order valence-corrected chi connectivity index (χ1v) is 9.73. The summed E-state index contributed by atoms with van der Waals surface area (Å²) in [5, 5.41) is 3.41. The van der Waals surface area contributed by atoms with Crippen LogP contribution in [0.2, 0.25) is 5.02 Å². The topological polar surface area (TPSA) is 59.3 Å². The third-order valence-corrected chi connectivity index (χ3v) is 5.31. The van der Waals surface area contributed by atoms with Crippen LogP contribution in [0.25, 0.3) is 0 Å². The third kappa shape index (κ3) is 4.62. The number of rotatable bonds is 5. The lowest BCUT2D eigenvalue weighted by atomic mass is 10.1.